The molecule has 26 heavy (non-hydrogen) atoms. The fourth-order valence-corrected chi connectivity index (χ4v) is 3.27. The molecular weight excluding hydrogens is 335 g/mol. The summed E-state index contributed by atoms with van der Waals surface area (Å²) in [5, 5.41) is 2.74. The number of imidazole rings is 1. The van der Waals surface area contributed by atoms with Gasteiger partial charge in [0.1, 0.15) is 17.7 Å². The maximum absolute atomic E-state index is 13.4. The first-order valence-corrected chi connectivity index (χ1v) is 8.87. The number of carbonyl (C=O) groups excluding carboxylic acids is 2. The lowest BCUT2D eigenvalue weighted by atomic mass is 10.1. The fourth-order valence-electron chi connectivity index (χ4n) is 3.27. The molecule has 6 nitrogen and oxygen atoms in total. The Balaban J connectivity index is 1.77. The zero-order valence-corrected chi connectivity index (χ0v) is 15.0. The lowest BCUT2D eigenvalue weighted by Crippen LogP contribution is -2.49. The van der Waals surface area contributed by atoms with Crippen molar-refractivity contribution in [2.24, 2.45) is 0 Å². The molecule has 0 saturated heterocycles. The Hall–Kier alpha value is -2.70. The first-order valence-electron chi connectivity index (χ1n) is 8.87. The van der Waals surface area contributed by atoms with E-state index in [1.807, 2.05) is 6.92 Å². The summed E-state index contributed by atoms with van der Waals surface area (Å²) in [7, 11) is 0. The normalized spacial score (nSPS) is 14.7. The first-order chi connectivity index (χ1) is 12.5. The molecule has 7 heteroatoms. The maximum Gasteiger partial charge on any atom is 0.245 e. The molecule has 2 heterocycles. The number of H-pyrrole nitrogens is 1. The van der Waals surface area contributed by atoms with Crippen molar-refractivity contribution in [2.75, 3.05) is 6.54 Å². The Labute approximate surface area is 151 Å². The maximum atomic E-state index is 13.4. The van der Waals surface area contributed by atoms with Crippen LogP contribution in [-0.4, -0.2) is 39.3 Å². The van der Waals surface area contributed by atoms with Crippen LogP contribution >= 0.6 is 0 Å². The number of nitrogens with one attached hydrogen (secondary N) is 2. The van der Waals surface area contributed by atoms with E-state index in [4.69, 9.17) is 0 Å². The minimum Gasteiger partial charge on any atom is -0.345 e. The highest BCUT2D eigenvalue weighted by Gasteiger charge is 2.29. The second kappa shape index (κ2) is 7.68. The molecule has 0 radical (unpaired) electrons. The minimum atomic E-state index is -0.496. The summed E-state index contributed by atoms with van der Waals surface area (Å²) in [4.78, 5) is 33.7. The van der Waals surface area contributed by atoms with E-state index in [2.05, 4.69) is 15.3 Å². The Morgan fingerprint density at radius 3 is 2.92 bits per heavy atom. The number of aromatic nitrogens is 2. The summed E-state index contributed by atoms with van der Waals surface area (Å²) in [6.07, 6.45) is 2.05. The second-order valence-corrected chi connectivity index (χ2v) is 6.57. The van der Waals surface area contributed by atoms with E-state index in [1.165, 1.54) is 19.1 Å². The van der Waals surface area contributed by atoms with E-state index in [9.17, 15) is 14.0 Å². The van der Waals surface area contributed by atoms with E-state index >= 15 is 0 Å². The number of halogens is 1. The molecule has 2 amide bonds. The van der Waals surface area contributed by atoms with E-state index in [0.717, 1.165) is 17.8 Å². The van der Waals surface area contributed by atoms with Crippen molar-refractivity contribution in [3.05, 3.63) is 41.5 Å². The number of benzene rings is 1. The molecule has 1 aliphatic rings. The van der Waals surface area contributed by atoms with Gasteiger partial charge in [0.15, 0.2) is 0 Å². The smallest absolute Gasteiger partial charge is 0.245 e. The number of nitrogens with zero attached hydrogens (tertiary/aromatic N) is 2. The number of rotatable bonds is 5. The monoisotopic (exact) mass is 358 g/mol. The Morgan fingerprint density at radius 2 is 2.23 bits per heavy atom. The van der Waals surface area contributed by atoms with E-state index < -0.39 is 6.04 Å². The molecule has 2 N–H and O–H groups in total. The number of aromatic amines is 1. The molecule has 3 rings (SSSR count). The molecule has 138 valence electrons. The summed E-state index contributed by atoms with van der Waals surface area (Å²) in [5.41, 5.74) is 2.45. The fraction of sp³-hybridized carbons (Fsp3) is 0.421. The van der Waals surface area contributed by atoms with Gasteiger partial charge in [-0.05, 0) is 18.6 Å². The van der Waals surface area contributed by atoms with E-state index in [-0.39, 0.29) is 17.6 Å². The van der Waals surface area contributed by atoms with Crippen LogP contribution in [-0.2, 0) is 22.6 Å². The summed E-state index contributed by atoms with van der Waals surface area (Å²) < 4.78 is 13.4. The van der Waals surface area contributed by atoms with Crippen molar-refractivity contribution in [3.63, 3.8) is 0 Å². The van der Waals surface area contributed by atoms with Gasteiger partial charge in [-0.2, -0.15) is 0 Å². The largest absolute Gasteiger partial charge is 0.345 e. The Kier molecular flexibility index (Phi) is 5.35. The predicted octanol–water partition coefficient (Wildman–Crippen LogP) is 2.41. The van der Waals surface area contributed by atoms with Gasteiger partial charge in [0, 0.05) is 25.5 Å². The number of hydrogen-bond donors (Lipinski definition) is 2. The van der Waals surface area contributed by atoms with Crippen LogP contribution in [0.15, 0.2) is 24.3 Å². The van der Waals surface area contributed by atoms with Crippen molar-refractivity contribution in [3.8, 4) is 11.4 Å². The van der Waals surface area contributed by atoms with Crippen LogP contribution in [0.1, 0.15) is 38.1 Å². The molecular formula is C19H23FN4O2. The van der Waals surface area contributed by atoms with Gasteiger partial charge in [0.05, 0.1) is 17.9 Å². The molecule has 0 fully saturated rings. The van der Waals surface area contributed by atoms with Crippen molar-refractivity contribution < 1.29 is 14.0 Å². The van der Waals surface area contributed by atoms with Crippen LogP contribution in [0, 0.1) is 5.82 Å². The third-order valence-electron chi connectivity index (χ3n) is 4.49. The highest BCUT2D eigenvalue weighted by atomic mass is 19.1. The molecule has 0 saturated carbocycles. The molecule has 1 unspecified atom stereocenters. The van der Waals surface area contributed by atoms with Gasteiger partial charge in [-0.15, -0.1) is 0 Å². The van der Waals surface area contributed by atoms with Crippen molar-refractivity contribution >= 4 is 11.8 Å². The van der Waals surface area contributed by atoms with Crippen LogP contribution < -0.4 is 5.32 Å². The van der Waals surface area contributed by atoms with Crippen LogP contribution in [0.4, 0.5) is 4.39 Å². The third kappa shape index (κ3) is 3.92. The lowest BCUT2D eigenvalue weighted by molar-refractivity contribution is -0.137. The predicted molar refractivity (Wildman–Crippen MR) is 95.6 cm³/mol. The summed E-state index contributed by atoms with van der Waals surface area (Å²) in [6, 6.07) is 5.77. The molecule has 1 aromatic carbocycles. The third-order valence-corrected chi connectivity index (χ3v) is 4.49. The molecule has 1 aliphatic heterocycles. The van der Waals surface area contributed by atoms with Gasteiger partial charge in [-0.3, -0.25) is 9.59 Å². The van der Waals surface area contributed by atoms with Crippen LogP contribution in [0.2, 0.25) is 0 Å². The van der Waals surface area contributed by atoms with Gasteiger partial charge < -0.3 is 15.2 Å². The zero-order chi connectivity index (χ0) is 18.7. The summed E-state index contributed by atoms with van der Waals surface area (Å²) in [5.74, 6) is 0.0150. The van der Waals surface area contributed by atoms with Gasteiger partial charge in [0.25, 0.3) is 0 Å². The van der Waals surface area contributed by atoms with Crippen LogP contribution in [0.3, 0.4) is 0 Å². The number of fused-ring (bicyclic) bond motifs is 1. The molecule has 1 aromatic heterocycles. The van der Waals surface area contributed by atoms with Gasteiger partial charge in [-0.25, -0.2) is 9.37 Å². The van der Waals surface area contributed by atoms with E-state index in [0.29, 0.717) is 37.3 Å². The standard InChI is InChI=1S/C19H23FN4O2/c1-3-5-16(21-12(2)25)19(26)24-9-8-15-17(11-24)23-18(22-15)13-6-4-7-14(20)10-13/h4,6-7,10,16H,3,5,8-9,11H2,1-2H3,(H,21,25)(H,22,23). The first kappa shape index (κ1) is 18.1. The highest BCUT2D eigenvalue weighted by molar-refractivity contribution is 5.87. The summed E-state index contributed by atoms with van der Waals surface area (Å²) in [6.45, 7) is 4.37. The van der Waals surface area contributed by atoms with Crippen molar-refractivity contribution in [1.29, 1.82) is 0 Å². The molecule has 0 bridgehead atoms. The zero-order valence-electron chi connectivity index (χ0n) is 15.0. The number of amides is 2. The Bertz CT molecular complexity index is 818. The van der Waals surface area contributed by atoms with Gasteiger partial charge >= 0.3 is 0 Å². The minimum absolute atomic E-state index is 0.0744. The van der Waals surface area contributed by atoms with Gasteiger partial charge in [0.2, 0.25) is 11.8 Å². The lowest BCUT2D eigenvalue weighted by Gasteiger charge is -2.30. The molecule has 2 aromatic rings. The molecule has 0 spiro atoms. The highest BCUT2D eigenvalue weighted by Crippen LogP contribution is 2.24. The Morgan fingerprint density at radius 1 is 1.42 bits per heavy atom. The SMILES string of the molecule is CCCC(NC(C)=O)C(=O)N1CCc2nc(-c3cccc(F)c3)[nH]c2C1. The number of hydrogen-bond acceptors (Lipinski definition) is 3. The van der Waals surface area contributed by atoms with E-state index in [1.54, 1.807) is 17.0 Å². The molecule has 0 aliphatic carbocycles. The average molecular weight is 358 g/mol. The molecule has 1 atom stereocenters. The van der Waals surface area contributed by atoms with Gasteiger partial charge in [-0.1, -0.05) is 25.5 Å². The quantitative estimate of drug-likeness (QED) is 0.862. The van der Waals surface area contributed by atoms with Crippen LogP contribution in [0.25, 0.3) is 11.4 Å². The topological polar surface area (TPSA) is 78.1 Å². The average Bonchev–Trinajstić information content (AvgIpc) is 3.03. The van der Waals surface area contributed by atoms with Crippen molar-refractivity contribution in [2.45, 2.75) is 45.7 Å². The van der Waals surface area contributed by atoms with Crippen molar-refractivity contribution in [1.82, 2.24) is 20.2 Å². The second-order valence-electron chi connectivity index (χ2n) is 6.57. The van der Waals surface area contributed by atoms with Crippen LogP contribution in [0.5, 0.6) is 0 Å². The number of carbonyl (C=O) groups is 2. The summed E-state index contributed by atoms with van der Waals surface area (Å²) >= 11 is 0.